The number of unbranched alkanes of at least 4 members (excludes halogenated alkanes) is 1. The maximum absolute atomic E-state index is 12.5. The number of amides is 6. The Morgan fingerprint density at radius 2 is 1.06 bits per heavy atom. The lowest BCUT2D eigenvalue weighted by molar-refractivity contribution is -0.137. The predicted molar refractivity (Wildman–Crippen MR) is 265 cm³/mol. The van der Waals surface area contributed by atoms with Gasteiger partial charge in [0.05, 0.1) is 52.1 Å². The molecule has 0 aliphatic carbocycles. The molecule has 4 unspecified atom stereocenters. The minimum Gasteiger partial charge on any atom is -0.502 e. The number of aromatic nitrogens is 6. The van der Waals surface area contributed by atoms with Crippen molar-refractivity contribution in [3.05, 3.63) is 114 Å². The van der Waals surface area contributed by atoms with Crippen molar-refractivity contribution >= 4 is 90.3 Å². The molecule has 3 aliphatic rings. The van der Waals surface area contributed by atoms with Gasteiger partial charge in [-0.05, 0) is 93.6 Å². The van der Waals surface area contributed by atoms with Crippen LogP contribution in [0.2, 0.25) is 0 Å². The number of Topliss-reactive ketones (excluding diaryl/α,β-unsaturated/α-hetero) is 1. The fraction of sp³-hybridized carbons (Fsp3) is 0.388. The van der Waals surface area contributed by atoms with Gasteiger partial charge in [0.15, 0.2) is 5.78 Å². The van der Waals surface area contributed by atoms with Crippen molar-refractivity contribution in [2.75, 3.05) is 6.61 Å². The summed E-state index contributed by atoms with van der Waals surface area (Å²) in [5.74, 6) is -2.37. The zero-order chi connectivity index (χ0) is 52.0. The molecule has 3 aromatic heterocycles. The Balaban J connectivity index is 0.000000163. The van der Waals surface area contributed by atoms with E-state index in [1.54, 1.807) is 70.5 Å². The van der Waals surface area contributed by atoms with Crippen LogP contribution in [-0.4, -0.2) is 80.3 Å². The molecule has 0 radical (unpaired) electrons. The van der Waals surface area contributed by atoms with Crippen LogP contribution in [0.5, 0.6) is 0 Å². The quantitative estimate of drug-likeness (QED) is 0.0695. The number of hydrogen-bond donors (Lipinski definition) is 4. The number of imidazole rings is 3. The summed E-state index contributed by atoms with van der Waals surface area (Å²) in [5.41, 5.74) is 4.15. The molecule has 3 saturated heterocycles. The Kier molecular flexibility index (Phi) is 16.8. The maximum atomic E-state index is 12.5. The first-order valence-corrected chi connectivity index (χ1v) is 23.7. The van der Waals surface area contributed by atoms with Crippen LogP contribution in [0, 0.1) is 0 Å². The van der Waals surface area contributed by atoms with E-state index >= 15 is 0 Å². The number of nitrogens with zero attached hydrogens (tertiary/aromatic N) is 6. The van der Waals surface area contributed by atoms with E-state index in [0.29, 0.717) is 51.6 Å². The van der Waals surface area contributed by atoms with Gasteiger partial charge in [-0.1, -0.05) is 41.9 Å². The first kappa shape index (κ1) is 52.9. The number of imide groups is 3. The van der Waals surface area contributed by atoms with Crippen LogP contribution in [-0.2, 0) is 54.6 Å². The lowest BCUT2D eigenvalue weighted by Crippen LogP contribution is -2.44. The van der Waals surface area contributed by atoms with Crippen LogP contribution in [0.4, 0.5) is 0 Å². The van der Waals surface area contributed by atoms with Crippen LogP contribution in [0.1, 0.15) is 112 Å². The van der Waals surface area contributed by atoms with E-state index in [-0.39, 0.29) is 66.3 Å². The number of carbonyl (C=O) groups is 7. The summed E-state index contributed by atoms with van der Waals surface area (Å²) < 4.78 is 14.3. The van der Waals surface area contributed by atoms with Gasteiger partial charge in [-0.25, -0.2) is 14.4 Å². The molecule has 3 aliphatic heterocycles. The zero-order valence-electron chi connectivity index (χ0n) is 40.2. The number of hydrogen-bond acceptors (Lipinski definition) is 12. The first-order chi connectivity index (χ1) is 33.7. The number of fused-ring (bicyclic) bond motifs is 3. The second-order valence-electron chi connectivity index (χ2n) is 17.2. The molecule has 0 spiro atoms. The van der Waals surface area contributed by atoms with E-state index in [0.717, 1.165) is 23.0 Å². The van der Waals surface area contributed by atoms with E-state index < -0.39 is 42.0 Å². The predicted octanol–water partition coefficient (Wildman–Crippen LogP) is 3.92. The number of rotatable bonds is 9. The van der Waals surface area contributed by atoms with Crippen molar-refractivity contribution in [3.8, 4) is 0 Å². The molecule has 4 N–H and O–H groups in total. The van der Waals surface area contributed by atoms with E-state index in [1.807, 2.05) is 12.1 Å². The number of aliphatic hydroxyl groups excluding tert-OH is 1. The van der Waals surface area contributed by atoms with Gasteiger partial charge >= 0.3 is 17.1 Å². The Morgan fingerprint density at radius 3 is 1.44 bits per heavy atom. The molecule has 71 heavy (non-hydrogen) atoms. The fourth-order valence-electron chi connectivity index (χ4n) is 8.56. The standard InChI is InChI=1S/C15H17N3O4.C15H15N3O4.C13H12BrN3O3.C6H12O/c2*1-8(19)9-3-4-10-12(7-9)17(2)15(22)18(10)11-5-6-13(20)16-14(11)21;1-16-10-6-7(14)2-3-8(10)17(13(16)20)9-4-5-11(18)15-12(9)19;1-3-5-6-7-4-2/h3-4,7-8,11,19H,5-6H2,1-2H3,(H,16,20,21);3-4,7,11H,5-6H2,1-2H3,(H,16,20,21);2-3,6,9H,4-5H2,1H3,(H,15,18,19);4H,2-3,5-6H2,1H3. The van der Waals surface area contributed by atoms with Gasteiger partial charge in [0.25, 0.3) is 0 Å². The van der Waals surface area contributed by atoms with Crippen LogP contribution < -0.4 is 33.0 Å². The molecule has 6 heterocycles. The van der Waals surface area contributed by atoms with Crippen molar-refractivity contribution in [2.24, 2.45) is 21.1 Å². The van der Waals surface area contributed by atoms with E-state index in [9.17, 15) is 53.1 Å². The van der Waals surface area contributed by atoms with Gasteiger partial charge in [-0.15, -0.1) is 0 Å². The molecular weight excluding hydrogens is 986 g/mol. The highest BCUT2D eigenvalue weighted by Gasteiger charge is 2.34. The molecule has 4 atom stereocenters. The summed E-state index contributed by atoms with van der Waals surface area (Å²) in [7, 11) is 4.88. The number of aryl methyl sites for hydroxylation is 3. The Morgan fingerprint density at radius 1 is 0.662 bits per heavy atom. The van der Waals surface area contributed by atoms with Gasteiger partial charge < -0.3 is 9.84 Å². The number of ether oxygens (including phenoxy) is 1. The summed E-state index contributed by atoms with van der Waals surface area (Å²) in [6, 6.07) is 13.5. The number of piperidine rings is 3. The van der Waals surface area contributed by atoms with Crippen molar-refractivity contribution in [1.29, 1.82) is 0 Å². The lowest BCUT2D eigenvalue weighted by atomic mass is 10.1. The second kappa shape index (κ2) is 22.5. The topological polar surface area (TPSA) is 266 Å². The Bertz CT molecular complexity index is 3300. The highest BCUT2D eigenvalue weighted by Crippen LogP contribution is 2.28. The normalized spacial score (nSPS) is 18.3. The lowest BCUT2D eigenvalue weighted by Gasteiger charge is -2.21. The Hall–Kier alpha value is -7.46. The van der Waals surface area contributed by atoms with E-state index in [1.165, 1.54) is 47.0 Å². The molecule has 9 rings (SSSR count). The molecule has 3 fully saturated rings. The van der Waals surface area contributed by atoms with Gasteiger partial charge in [-0.3, -0.25) is 76.9 Å². The summed E-state index contributed by atoms with van der Waals surface area (Å²) in [5, 5.41) is 16.5. The second-order valence-corrected chi connectivity index (χ2v) is 18.2. The highest BCUT2D eigenvalue weighted by molar-refractivity contribution is 9.10. The third-order valence-corrected chi connectivity index (χ3v) is 12.9. The van der Waals surface area contributed by atoms with Crippen molar-refractivity contribution < 1.29 is 43.4 Å². The molecule has 6 aromatic rings. The summed E-state index contributed by atoms with van der Waals surface area (Å²) >= 11 is 3.37. The SMILES string of the molecule is C=COCCCC.CC(=O)c1ccc2c(c1)n(C)c(=O)n2C1CCC(=O)NC1=O.CC(O)c1ccc2c(c1)n(C)c(=O)n2C1CCC(=O)NC1=O.Cn1c(=O)n(C2CCC(=O)NC2=O)c2ccc(Br)cc21. The number of halogens is 1. The van der Waals surface area contributed by atoms with Gasteiger partial charge in [0.1, 0.15) is 18.1 Å². The van der Waals surface area contributed by atoms with Crippen LogP contribution in [0.15, 0.2) is 86.3 Å². The molecular formula is C49H56BrN9O12. The molecule has 0 bridgehead atoms. The average molecular weight is 1040 g/mol. The fourth-order valence-corrected chi connectivity index (χ4v) is 8.91. The van der Waals surface area contributed by atoms with E-state index in [2.05, 4.69) is 45.4 Å². The number of benzene rings is 3. The minimum absolute atomic E-state index is 0.0943. The molecule has 3 aromatic carbocycles. The van der Waals surface area contributed by atoms with Crippen LogP contribution >= 0.6 is 15.9 Å². The molecule has 376 valence electrons. The Labute approximate surface area is 414 Å². The smallest absolute Gasteiger partial charge is 0.329 e. The minimum atomic E-state index is -0.711. The maximum Gasteiger partial charge on any atom is 0.329 e. The summed E-state index contributed by atoms with van der Waals surface area (Å²) in [6.07, 6.45) is 4.76. The van der Waals surface area contributed by atoms with Crippen molar-refractivity contribution in [2.45, 2.75) is 96.4 Å². The molecule has 0 saturated carbocycles. The van der Waals surface area contributed by atoms with Gasteiger partial charge in [0, 0.05) is 50.4 Å². The molecule has 6 amide bonds. The van der Waals surface area contributed by atoms with Crippen molar-refractivity contribution in [3.63, 3.8) is 0 Å². The number of aliphatic hydroxyl groups is 1. The zero-order valence-corrected chi connectivity index (χ0v) is 41.7. The molecule has 22 heteroatoms. The summed E-state index contributed by atoms with van der Waals surface area (Å²) in [4.78, 5) is 119. The van der Waals surface area contributed by atoms with Crippen molar-refractivity contribution in [1.82, 2.24) is 43.4 Å². The average Bonchev–Trinajstić information content (AvgIpc) is 3.83. The van der Waals surface area contributed by atoms with Gasteiger partial charge in [-0.2, -0.15) is 0 Å². The monoisotopic (exact) mass is 1040 g/mol. The number of carbonyl (C=O) groups excluding carboxylic acids is 7. The highest BCUT2D eigenvalue weighted by atomic mass is 79.9. The van der Waals surface area contributed by atoms with E-state index in [4.69, 9.17) is 4.74 Å². The molecule has 21 nitrogen and oxygen atoms in total. The summed E-state index contributed by atoms with van der Waals surface area (Å²) in [6.45, 7) is 9.47. The van der Waals surface area contributed by atoms with Crippen LogP contribution in [0.3, 0.4) is 0 Å². The third kappa shape index (κ3) is 11.3. The van der Waals surface area contributed by atoms with Gasteiger partial charge in [0.2, 0.25) is 35.4 Å². The number of nitrogens with one attached hydrogen (secondary N) is 3. The first-order valence-electron chi connectivity index (χ1n) is 22.9. The van der Waals surface area contributed by atoms with Crippen LogP contribution in [0.25, 0.3) is 33.1 Å². The number of ketones is 1. The third-order valence-electron chi connectivity index (χ3n) is 12.4. The largest absolute Gasteiger partial charge is 0.502 e.